The standard InChI is InChI=1S/C39H62N6O20/c1-20(46)43-30-34(60-26(7)52)32(58-24(5)50)28(18-56-22(3)48)62-36(30)64-38(54)42-15-11-17-45(16-10-14-41-13-9-12-40)39(55)65-37-31(44-21(2)47)35(61-27(8)53)33(59-25(6)51)29(63-37)19-57-23(4)49/h28-37,41H,9-19,40H2,1-8H3,(H,42,54)(H,43,46)(H,44,47)/t28?,29?,30?,31?,32-,33-,34?,35?,36-,37-/m0/s1. The highest BCUT2D eigenvalue weighted by atomic mass is 16.7. The largest absolute Gasteiger partial charge is 0.463 e. The average Bonchev–Trinajstić information content (AvgIpc) is 3.18. The number of nitrogens with zero attached hydrogens (tertiary/aromatic N) is 1. The molecule has 6 unspecified atom stereocenters. The Hall–Kier alpha value is -5.86. The summed E-state index contributed by atoms with van der Waals surface area (Å²) in [6.07, 6.45) is -12.8. The molecule has 0 radical (unpaired) electrons. The van der Waals surface area contributed by atoms with Gasteiger partial charge in [0.15, 0.2) is 24.4 Å². The first-order chi connectivity index (χ1) is 30.6. The Morgan fingerprint density at radius 1 is 0.508 bits per heavy atom. The van der Waals surface area contributed by atoms with Crippen molar-refractivity contribution in [1.29, 1.82) is 0 Å². The van der Waals surface area contributed by atoms with E-state index in [9.17, 15) is 47.9 Å². The maximum absolute atomic E-state index is 13.9. The summed E-state index contributed by atoms with van der Waals surface area (Å²) in [7, 11) is 0. The predicted octanol–water partition coefficient (Wildman–Crippen LogP) is -1.82. The summed E-state index contributed by atoms with van der Waals surface area (Å²) < 4.78 is 54.9. The zero-order valence-corrected chi connectivity index (χ0v) is 37.7. The molecular weight excluding hydrogens is 872 g/mol. The fourth-order valence-electron chi connectivity index (χ4n) is 6.61. The van der Waals surface area contributed by atoms with Crippen molar-refractivity contribution in [2.45, 2.75) is 136 Å². The molecule has 0 aromatic carbocycles. The minimum absolute atomic E-state index is 0.0610. The molecule has 6 N–H and O–H groups in total. The van der Waals surface area contributed by atoms with Crippen LogP contribution >= 0.6 is 0 Å². The summed E-state index contributed by atoms with van der Waals surface area (Å²) in [6, 6.07) is -2.86. The van der Waals surface area contributed by atoms with Crippen molar-refractivity contribution in [1.82, 2.24) is 26.2 Å². The second-order valence-electron chi connectivity index (χ2n) is 14.7. The highest BCUT2D eigenvalue weighted by molar-refractivity contribution is 5.75. The summed E-state index contributed by atoms with van der Waals surface area (Å²) in [5.41, 5.74) is 5.58. The van der Waals surface area contributed by atoms with Gasteiger partial charge in [0.1, 0.15) is 37.5 Å². The molecule has 2 rings (SSSR count). The number of nitrogens with two attached hydrogens (primary N) is 1. The highest BCUT2D eigenvalue weighted by Gasteiger charge is 2.54. The summed E-state index contributed by atoms with van der Waals surface area (Å²) in [5, 5.41) is 10.7. The van der Waals surface area contributed by atoms with Crippen LogP contribution in [-0.2, 0) is 85.7 Å². The average molecular weight is 935 g/mol. The minimum Gasteiger partial charge on any atom is -0.463 e. The lowest BCUT2D eigenvalue weighted by Gasteiger charge is -2.44. The number of amides is 4. The number of hydrogen-bond donors (Lipinski definition) is 5. The monoisotopic (exact) mass is 934 g/mol. The lowest BCUT2D eigenvalue weighted by molar-refractivity contribution is -0.264. The summed E-state index contributed by atoms with van der Waals surface area (Å²) in [5.74, 6) is -6.17. The third-order valence-electron chi connectivity index (χ3n) is 9.05. The van der Waals surface area contributed by atoms with Gasteiger partial charge in [0.25, 0.3) is 0 Å². The van der Waals surface area contributed by atoms with E-state index >= 15 is 0 Å². The van der Waals surface area contributed by atoms with Gasteiger partial charge in [-0.05, 0) is 38.9 Å². The molecule has 65 heavy (non-hydrogen) atoms. The fourth-order valence-corrected chi connectivity index (χ4v) is 6.61. The molecule has 10 atom stereocenters. The third kappa shape index (κ3) is 20.2. The number of hydrogen-bond acceptors (Lipinski definition) is 22. The molecule has 0 saturated carbocycles. The molecule has 0 aromatic rings. The van der Waals surface area contributed by atoms with Crippen LogP contribution in [0.25, 0.3) is 0 Å². The Bertz CT molecular complexity index is 1670. The SMILES string of the molecule is CC(=O)NC1C(OC(C)=O)[C@@H](OC(C)=O)C(COC(C)=O)O[C@H]1OC(=O)NCCCN(CCCNCCCN)C(=O)O[C@@H]1OC(COC(C)=O)[C@H](OC(C)=O)C(OC(C)=O)C1NC(C)=O. The number of carbonyl (C=O) groups excluding carboxylic acids is 10. The number of esters is 6. The molecule has 26 nitrogen and oxygen atoms in total. The van der Waals surface area contributed by atoms with E-state index in [1.165, 1.54) is 4.90 Å². The number of carbonyl (C=O) groups is 10. The van der Waals surface area contributed by atoms with Crippen molar-refractivity contribution in [2.75, 3.05) is 52.5 Å². The molecule has 0 aromatic heterocycles. The van der Waals surface area contributed by atoms with Gasteiger partial charge in [-0.3, -0.25) is 38.4 Å². The zero-order valence-electron chi connectivity index (χ0n) is 37.7. The molecule has 2 aliphatic heterocycles. The Balaban J connectivity index is 2.34. The van der Waals surface area contributed by atoms with Crippen LogP contribution in [0.15, 0.2) is 0 Å². The maximum atomic E-state index is 13.9. The van der Waals surface area contributed by atoms with Gasteiger partial charge in [-0.15, -0.1) is 0 Å². The van der Waals surface area contributed by atoms with Crippen molar-refractivity contribution in [3.8, 4) is 0 Å². The first-order valence-corrected chi connectivity index (χ1v) is 20.7. The summed E-state index contributed by atoms with van der Waals surface area (Å²) in [6.45, 7) is 9.05. The van der Waals surface area contributed by atoms with Crippen LogP contribution in [0.3, 0.4) is 0 Å². The van der Waals surface area contributed by atoms with Crippen LogP contribution in [-0.4, -0.2) is 178 Å². The van der Waals surface area contributed by atoms with Crippen LogP contribution in [0.1, 0.15) is 74.7 Å². The third-order valence-corrected chi connectivity index (χ3v) is 9.05. The summed E-state index contributed by atoms with van der Waals surface area (Å²) in [4.78, 5) is 125. The molecule has 2 heterocycles. The summed E-state index contributed by atoms with van der Waals surface area (Å²) >= 11 is 0. The van der Waals surface area contributed by atoms with E-state index < -0.39 is 134 Å². The normalized spacial score (nSPS) is 24.7. The molecule has 4 amide bonds. The van der Waals surface area contributed by atoms with Crippen LogP contribution in [0, 0.1) is 0 Å². The molecule has 0 spiro atoms. The molecule has 2 fully saturated rings. The Morgan fingerprint density at radius 2 is 0.908 bits per heavy atom. The number of rotatable bonds is 23. The minimum atomic E-state index is -1.70. The quantitative estimate of drug-likeness (QED) is 0.0428. The van der Waals surface area contributed by atoms with Crippen molar-refractivity contribution in [3.63, 3.8) is 0 Å². The van der Waals surface area contributed by atoms with Crippen molar-refractivity contribution in [2.24, 2.45) is 5.73 Å². The lowest BCUT2D eigenvalue weighted by atomic mass is 9.96. The Morgan fingerprint density at radius 3 is 1.31 bits per heavy atom. The van der Waals surface area contributed by atoms with Gasteiger partial charge in [0.2, 0.25) is 24.4 Å². The number of alkyl carbamates (subject to hydrolysis) is 1. The van der Waals surface area contributed by atoms with Gasteiger partial charge in [0, 0.05) is 75.0 Å². The molecular formula is C39H62N6O20. The Labute approximate surface area is 375 Å². The molecule has 0 bridgehead atoms. The molecule has 2 aliphatic rings. The highest BCUT2D eigenvalue weighted by Crippen LogP contribution is 2.30. The van der Waals surface area contributed by atoms with Crippen molar-refractivity contribution >= 4 is 59.8 Å². The zero-order chi connectivity index (χ0) is 48.8. The lowest BCUT2D eigenvalue weighted by Crippen LogP contribution is -2.67. The van der Waals surface area contributed by atoms with Crippen molar-refractivity contribution in [3.05, 3.63) is 0 Å². The van der Waals surface area contributed by atoms with Crippen LogP contribution in [0.2, 0.25) is 0 Å². The molecule has 368 valence electrons. The van der Waals surface area contributed by atoms with Crippen LogP contribution in [0.5, 0.6) is 0 Å². The maximum Gasteiger partial charge on any atom is 0.412 e. The van der Waals surface area contributed by atoms with E-state index in [-0.39, 0.29) is 26.1 Å². The van der Waals surface area contributed by atoms with E-state index in [2.05, 4.69) is 21.3 Å². The van der Waals surface area contributed by atoms with Gasteiger partial charge < -0.3 is 79.3 Å². The van der Waals surface area contributed by atoms with Gasteiger partial charge in [-0.25, -0.2) is 9.59 Å². The van der Waals surface area contributed by atoms with Crippen molar-refractivity contribution < 1.29 is 95.3 Å². The van der Waals surface area contributed by atoms with Crippen LogP contribution in [0.4, 0.5) is 9.59 Å². The second kappa shape index (κ2) is 28.1. The molecule has 2 saturated heterocycles. The predicted molar refractivity (Wildman–Crippen MR) is 216 cm³/mol. The van der Waals surface area contributed by atoms with Gasteiger partial charge in [-0.2, -0.15) is 0 Å². The van der Waals surface area contributed by atoms with Gasteiger partial charge in [-0.1, -0.05) is 0 Å². The van der Waals surface area contributed by atoms with Gasteiger partial charge in [0.05, 0.1) is 0 Å². The molecule has 0 aliphatic carbocycles. The van der Waals surface area contributed by atoms with Crippen LogP contribution < -0.4 is 27.0 Å². The van der Waals surface area contributed by atoms with E-state index in [0.717, 1.165) is 55.4 Å². The van der Waals surface area contributed by atoms with E-state index in [1.54, 1.807) is 0 Å². The number of ether oxygens (including phenoxy) is 10. The number of nitrogens with one attached hydrogen (secondary N) is 4. The smallest absolute Gasteiger partial charge is 0.412 e. The van der Waals surface area contributed by atoms with E-state index in [0.29, 0.717) is 32.5 Å². The van der Waals surface area contributed by atoms with E-state index in [1.807, 2.05) is 0 Å². The Kier molecular flexibility index (Phi) is 23.9. The first kappa shape index (κ1) is 55.3. The second-order valence-corrected chi connectivity index (χ2v) is 14.7. The first-order valence-electron chi connectivity index (χ1n) is 20.7. The topological polar surface area (TPSA) is 340 Å². The molecule has 26 heteroatoms. The fraction of sp³-hybridized carbons (Fsp3) is 0.744. The van der Waals surface area contributed by atoms with Gasteiger partial charge >= 0.3 is 48.0 Å². The van der Waals surface area contributed by atoms with E-state index in [4.69, 9.17) is 53.1 Å².